The zero-order valence-electron chi connectivity index (χ0n) is 5.84. The molecule has 0 fully saturated rings. The zero-order valence-corrected chi connectivity index (χ0v) is 7.47. The van der Waals surface area contributed by atoms with Crippen LogP contribution >= 0.6 is 0 Å². The van der Waals surface area contributed by atoms with E-state index < -0.39 is 22.2 Å². The molecule has 0 aliphatic rings. The summed E-state index contributed by atoms with van der Waals surface area (Å²) in [6, 6.07) is 5.72. The van der Waals surface area contributed by atoms with Crippen molar-refractivity contribution in [2.75, 3.05) is 0 Å². The molecule has 2 unspecified atom stereocenters. The van der Waals surface area contributed by atoms with E-state index in [9.17, 15) is 8.42 Å². The van der Waals surface area contributed by atoms with Gasteiger partial charge in [0, 0.05) is 0 Å². The van der Waals surface area contributed by atoms with Gasteiger partial charge in [-0.1, -0.05) is 12.1 Å². The smallest absolute Gasteiger partial charge is 0.187 e. The maximum atomic E-state index is 10.6. The molecule has 1 rings (SSSR count). The van der Waals surface area contributed by atoms with Gasteiger partial charge < -0.3 is 9.11 Å². The Labute approximate surface area is 74.2 Å². The summed E-state index contributed by atoms with van der Waals surface area (Å²) in [7, 11) is 0. The fourth-order valence-electron chi connectivity index (χ4n) is 0.739. The van der Waals surface area contributed by atoms with E-state index >= 15 is 0 Å². The molecular weight excluding hydrogens is 200 g/mol. The SMILES string of the molecule is O=S(O)c1ccccc1S(=O)O. The molecule has 0 aliphatic carbocycles. The Balaban J connectivity index is 3.27. The highest BCUT2D eigenvalue weighted by Crippen LogP contribution is 2.14. The van der Waals surface area contributed by atoms with Gasteiger partial charge in [0.2, 0.25) is 0 Å². The summed E-state index contributed by atoms with van der Waals surface area (Å²) in [6.45, 7) is 0. The van der Waals surface area contributed by atoms with Gasteiger partial charge in [-0.25, -0.2) is 8.42 Å². The average molecular weight is 206 g/mol. The van der Waals surface area contributed by atoms with E-state index in [1.807, 2.05) is 0 Å². The van der Waals surface area contributed by atoms with Crippen LogP contribution in [0.4, 0.5) is 0 Å². The molecule has 66 valence electrons. The summed E-state index contributed by atoms with van der Waals surface area (Å²) >= 11 is -4.43. The molecule has 0 spiro atoms. The Morgan fingerprint density at radius 3 is 1.50 bits per heavy atom. The molecule has 2 atom stereocenters. The first-order valence-corrected chi connectivity index (χ1v) is 5.15. The topological polar surface area (TPSA) is 74.6 Å². The van der Waals surface area contributed by atoms with Crippen LogP contribution < -0.4 is 0 Å². The van der Waals surface area contributed by atoms with Gasteiger partial charge in [-0.15, -0.1) is 0 Å². The van der Waals surface area contributed by atoms with Crippen molar-refractivity contribution in [1.29, 1.82) is 0 Å². The number of hydrogen-bond donors (Lipinski definition) is 2. The van der Waals surface area contributed by atoms with Crippen LogP contribution in [0, 0.1) is 0 Å². The molecule has 4 nitrogen and oxygen atoms in total. The zero-order chi connectivity index (χ0) is 9.14. The average Bonchev–Trinajstić information content (AvgIpc) is 2.04. The molecule has 1 aromatic rings. The quantitative estimate of drug-likeness (QED) is 0.703. The Morgan fingerprint density at radius 1 is 0.917 bits per heavy atom. The van der Waals surface area contributed by atoms with Crippen LogP contribution in [0.25, 0.3) is 0 Å². The van der Waals surface area contributed by atoms with Crippen LogP contribution in [0.5, 0.6) is 0 Å². The van der Waals surface area contributed by atoms with E-state index in [0.717, 1.165) is 0 Å². The summed E-state index contributed by atoms with van der Waals surface area (Å²) in [5.41, 5.74) is 0. The molecule has 12 heavy (non-hydrogen) atoms. The predicted molar refractivity (Wildman–Crippen MR) is 44.5 cm³/mol. The highest BCUT2D eigenvalue weighted by molar-refractivity contribution is 7.82. The van der Waals surface area contributed by atoms with Crippen LogP contribution in [0.2, 0.25) is 0 Å². The highest BCUT2D eigenvalue weighted by atomic mass is 32.2. The van der Waals surface area contributed by atoms with Crippen LogP contribution in [0.1, 0.15) is 0 Å². The summed E-state index contributed by atoms with van der Waals surface area (Å²) < 4.78 is 38.5. The molecule has 0 amide bonds. The molecule has 0 saturated heterocycles. The van der Waals surface area contributed by atoms with Crippen LogP contribution in [0.3, 0.4) is 0 Å². The van der Waals surface area contributed by atoms with E-state index in [4.69, 9.17) is 9.11 Å². The van der Waals surface area contributed by atoms with E-state index in [1.54, 1.807) is 0 Å². The molecule has 0 radical (unpaired) electrons. The van der Waals surface area contributed by atoms with Crippen molar-refractivity contribution in [3.05, 3.63) is 24.3 Å². The molecule has 0 aliphatic heterocycles. The second kappa shape index (κ2) is 3.90. The van der Waals surface area contributed by atoms with Crippen LogP contribution in [0.15, 0.2) is 34.1 Å². The molecule has 1 aromatic carbocycles. The fraction of sp³-hybridized carbons (Fsp3) is 0. The third-order valence-corrected chi connectivity index (χ3v) is 2.82. The Hall–Kier alpha value is -0.560. The van der Waals surface area contributed by atoms with E-state index in [-0.39, 0.29) is 9.79 Å². The van der Waals surface area contributed by atoms with Crippen molar-refractivity contribution in [2.45, 2.75) is 9.79 Å². The minimum absolute atomic E-state index is 0.0293. The lowest BCUT2D eigenvalue weighted by atomic mass is 10.4. The second-order valence-electron chi connectivity index (χ2n) is 1.95. The van der Waals surface area contributed by atoms with Crippen molar-refractivity contribution in [2.24, 2.45) is 0 Å². The first-order chi connectivity index (χ1) is 5.63. The van der Waals surface area contributed by atoms with Gasteiger partial charge in [-0.05, 0) is 12.1 Å². The van der Waals surface area contributed by atoms with Gasteiger partial charge in [-0.2, -0.15) is 0 Å². The Bertz CT molecular complexity index is 303. The van der Waals surface area contributed by atoms with Gasteiger partial charge >= 0.3 is 0 Å². The maximum Gasteiger partial charge on any atom is 0.187 e. The first kappa shape index (κ1) is 9.53. The largest absolute Gasteiger partial charge is 0.302 e. The highest BCUT2D eigenvalue weighted by Gasteiger charge is 2.10. The molecule has 0 bridgehead atoms. The van der Waals surface area contributed by atoms with Crippen molar-refractivity contribution in [3.63, 3.8) is 0 Å². The monoisotopic (exact) mass is 206 g/mol. The molecule has 6 heteroatoms. The number of hydrogen-bond acceptors (Lipinski definition) is 2. The summed E-state index contributed by atoms with van der Waals surface area (Å²) in [5, 5.41) is 0. The van der Waals surface area contributed by atoms with Crippen LogP contribution in [-0.2, 0) is 22.2 Å². The van der Waals surface area contributed by atoms with Crippen molar-refractivity contribution >= 4 is 22.2 Å². The maximum absolute atomic E-state index is 10.6. The fourth-order valence-corrected chi connectivity index (χ4v) is 2.04. The lowest BCUT2D eigenvalue weighted by Crippen LogP contribution is -1.97. The predicted octanol–water partition coefficient (Wildman–Crippen LogP) is 0.848. The third-order valence-electron chi connectivity index (χ3n) is 1.23. The molecular formula is C6H6O4S2. The van der Waals surface area contributed by atoms with Crippen molar-refractivity contribution < 1.29 is 17.5 Å². The Kier molecular flexibility index (Phi) is 3.10. The minimum atomic E-state index is -2.21. The second-order valence-corrected chi connectivity index (χ2v) is 3.82. The Morgan fingerprint density at radius 2 is 1.25 bits per heavy atom. The number of rotatable bonds is 2. The summed E-state index contributed by atoms with van der Waals surface area (Å²) in [6.07, 6.45) is 0. The van der Waals surface area contributed by atoms with Crippen molar-refractivity contribution in [1.82, 2.24) is 0 Å². The molecule has 0 saturated carbocycles. The first-order valence-electron chi connectivity index (χ1n) is 2.93. The summed E-state index contributed by atoms with van der Waals surface area (Å²) in [5.74, 6) is 0. The lowest BCUT2D eigenvalue weighted by Gasteiger charge is -1.99. The van der Waals surface area contributed by atoms with Crippen molar-refractivity contribution in [3.8, 4) is 0 Å². The normalized spacial score (nSPS) is 15.5. The van der Waals surface area contributed by atoms with Crippen LogP contribution in [-0.4, -0.2) is 17.5 Å². The van der Waals surface area contributed by atoms with Gasteiger partial charge in [0.1, 0.15) is 0 Å². The lowest BCUT2D eigenvalue weighted by molar-refractivity contribution is 0.550. The number of benzene rings is 1. The molecule has 2 N–H and O–H groups in total. The standard InChI is InChI=1S/C6H6O4S2/c7-11(8)5-3-1-2-4-6(5)12(9)10/h1-4H,(H,7,8)(H,9,10). The van der Waals surface area contributed by atoms with Gasteiger partial charge in [-0.3, -0.25) is 0 Å². The van der Waals surface area contributed by atoms with Gasteiger partial charge in [0.05, 0.1) is 9.79 Å². The molecule has 0 heterocycles. The van der Waals surface area contributed by atoms with Gasteiger partial charge in [0.25, 0.3) is 0 Å². The van der Waals surface area contributed by atoms with Gasteiger partial charge in [0.15, 0.2) is 22.2 Å². The molecule has 0 aromatic heterocycles. The summed E-state index contributed by atoms with van der Waals surface area (Å²) in [4.78, 5) is -0.0586. The minimum Gasteiger partial charge on any atom is -0.302 e. The van der Waals surface area contributed by atoms with E-state index in [0.29, 0.717) is 0 Å². The van der Waals surface area contributed by atoms with E-state index in [2.05, 4.69) is 0 Å². The van der Waals surface area contributed by atoms with E-state index in [1.165, 1.54) is 24.3 Å². The third kappa shape index (κ3) is 1.98.